The van der Waals surface area contributed by atoms with E-state index in [1.165, 1.54) is 4.57 Å². The van der Waals surface area contributed by atoms with Crippen LogP contribution < -0.4 is 16.3 Å². The van der Waals surface area contributed by atoms with E-state index in [1.807, 2.05) is 72.5 Å². The molecule has 1 atom stereocenters. The van der Waals surface area contributed by atoms with Crippen LogP contribution in [0, 0.1) is 0 Å². The van der Waals surface area contributed by atoms with E-state index in [4.69, 9.17) is 0 Å². The van der Waals surface area contributed by atoms with Crippen molar-refractivity contribution in [3.8, 4) is 16.9 Å². The van der Waals surface area contributed by atoms with Gasteiger partial charge in [0.25, 0.3) is 5.91 Å². The fourth-order valence-electron chi connectivity index (χ4n) is 5.14. The first-order valence-electron chi connectivity index (χ1n) is 13.4. The van der Waals surface area contributed by atoms with E-state index in [1.54, 1.807) is 12.1 Å². The zero-order chi connectivity index (χ0) is 27.2. The molecule has 2 amide bonds. The number of anilines is 1. The molecule has 1 aromatic heterocycles. The summed E-state index contributed by atoms with van der Waals surface area (Å²) in [6.45, 7) is 3.81. The zero-order valence-electron chi connectivity index (χ0n) is 22.0. The van der Waals surface area contributed by atoms with Gasteiger partial charge in [0, 0.05) is 37.7 Å². The highest BCUT2D eigenvalue weighted by molar-refractivity contribution is 5.99. The van der Waals surface area contributed by atoms with Gasteiger partial charge in [0.1, 0.15) is 5.69 Å². The van der Waals surface area contributed by atoms with Gasteiger partial charge in [-0.15, -0.1) is 0 Å². The quantitative estimate of drug-likeness (QED) is 0.322. The number of benzene rings is 3. The first kappa shape index (κ1) is 26.2. The Morgan fingerprint density at radius 3 is 2.38 bits per heavy atom. The zero-order valence-corrected chi connectivity index (χ0v) is 22.0. The molecule has 0 saturated carbocycles. The molecule has 8 nitrogen and oxygen atoms in total. The number of aromatic amines is 1. The lowest BCUT2D eigenvalue weighted by Crippen LogP contribution is -2.54. The molecular weight excluding hydrogens is 490 g/mol. The van der Waals surface area contributed by atoms with E-state index >= 15 is 0 Å². The van der Waals surface area contributed by atoms with E-state index in [0.29, 0.717) is 56.0 Å². The number of para-hydroxylation sites is 2. The predicted molar refractivity (Wildman–Crippen MR) is 153 cm³/mol. The summed E-state index contributed by atoms with van der Waals surface area (Å²) in [5.41, 5.74) is 3.16. The number of piperazine rings is 1. The summed E-state index contributed by atoms with van der Waals surface area (Å²) in [6, 6.07) is 26.6. The third kappa shape index (κ3) is 5.71. The fourth-order valence-corrected chi connectivity index (χ4v) is 5.14. The fraction of sp³-hybridized carbons (Fsp3) is 0.258. The summed E-state index contributed by atoms with van der Waals surface area (Å²) in [4.78, 5) is 45.0. The van der Waals surface area contributed by atoms with Crippen LogP contribution in [-0.4, -0.2) is 51.9 Å². The minimum absolute atomic E-state index is 0.0651. The van der Waals surface area contributed by atoms with Gasteiger partial charge in [-0.1, -0.05) is 79.7 Å². The van der Waals surface area contributed by atoms with Gasteiger partial charge in [0.2, 0.25) is 5.91 Å². The maximum absolute atomic E-state index is 14.2. The Morgan fingerprint density at radius 2 is 1.64 bits per heavy atom. The van der Waals surface area contributed by atoms with Gasteiger partial charge in [0.15, 0.2) is 0 Å². The number of hydrogen-bond donors (Lipinski definition) is 3. The summed E-state index contributed by atoms with van der Waals surface area (Å²) in [7, 11) is 0. The molecule has 3 aromatic carbocycles. The van der Waals surface area contributed by atoms with Gasteiger partial charge in [-0.25, -0.2) is 4.79 Å². The predicted octanol–water partition coefficient (Wildman–Crippen LogP) is 4.23. The topological polar surface area (TPSA) is 99.2 Å². The first-order valence-corrected chi connectivity index (χ1v) is 13.4. The van der Waals surface area contributed by atoms with Gasteiger partial charge in [-0.05, 0) is 30.5 Å². The van der Waals surface area contributed by atoms with Crippen LogP contribution in [0.25, 0.3) is 16.9 Å². The second kappa shape index (κ2) is 12.0. The molecule has 200 valence electrons. The minimum atomic E-state index is -0.441. The maximum atomic E-state index is 14.2. The van der Waals surface area contributed by atoms with E-state index in [0.717, 1.165) is 11.1 Å². The van der Waals surface area contributed by atoms with Crippen molar-refractivity contribution in [1.82, 2.24) is 19.8 Å². The van der Waals surface area contributed by atoms with E-state index in [-0.39, 0.29) is 23.6 Å². The monoisotopic (exact) mass is 523 g/mol. The number of imidazole rings is 1. The Hall–Kier alpha value is -4.43. The van der Waals surface area contributed by atoms with E-state index in [9.17, 15) is 14.4 Å². The number of nitrogens with one attached hydrogen (secondary N) is 3. The van der Waals surface area contributed by atoms with Crippen molar-refractivity contribution < 1.29 is 9.59 Å². The molecular formula is C31H33N5O3. The number of hydrogen-bond acceptors (Lipinski definition) is 4. The molecule has 2 heterocycles. The summed E-state index contributed by atoms with van der Waals surface area (Å²) in [6.07, 6.45) is 1.79. The van der Waals surface area contributed by atoms with Crippen molar-refractivity contribution in [2.75, 3.05) is 25.0 Å². The lowest BCUT2D eigenvalue weighted by atomic mass is 10.0. The number of carbonyl (C=O) groups is 2. The van der Waals surface area contributed by atoms with Crippen LogP contribution in [0.15, 0.2) is 89.7 Å². The van der Waals surface area contributed by atoms with Crippen molar-refractivity contribution in [1.29, 1.82) is 0 Å². The normalized spacial score (nSPS) is 15.2. The van der Waals surface area contributed by atoms with Crippen LogP contribution >= 0.6 is 0 Å². The second-order valence-electron chi connectivity index (χ2n) is 9.72. The van der Waals surface area contributed by atoms with Gasteiger partial charge in [-0.2, -0.15) is 0 Å². The summed E-state index contributed by atoms with van der Waals surface area (Å²) >= 11 is 0. The van der Waals surface area contributed by atoms with E-state index < -0.39 is 5.69 Å². The molecule has 0 radical (unpaired) electrons. The summed E-state index contributed by atoms with van der Waals surface area (Å²) in [5, 5.41) is 6.34. The standard InChI is InChI=1S/C31H33N5O3/c1-2-11-27(37)33-25-16-9-10-17-26(25)36-29(23-14-7-4-8-15-23)28(34-31(36)39)30(38)35-19-18-32-21-24(35)20-22-12-5-3-6-13-22/h3-10,12-17,24,32H,2,11,18-21H2,1H3,(H,33,37)(H,34,39)/t24-/m1/s1. The average molecular weight is 524 g/mol. The molecule has 8 heteroatoms. The van der Waals surface area contributed by atoms with E-state index in [2.05, 4.69) is 27.8 Å². The Morgan fingerprint density at radius 1 is 0.949 bits per heavy atom. The molecule has 1 aliphatic rings. The molecule has 1 aliphatic heterocycles. The Labute approximate surface area is 227 Å². The van der Waals surface area contributed by atoms with Crippen molar-refractivity contribution in [2.24, 2.45) is 0 Å². The van der Waals surface area contributed by atoms with Crippen molar-refractivity contribution in [2.45, 2.75) is 32.2 Å². The average Bonchev–Trinajstić information content (AvgIpc) is 3.31. The SMILES string of the molecule is CCCC(=O)Nc1ccccc1-n1c(-c2ccccc2)c(C(=O)N2CCNC[C@H]2Cc2ccccc2)[nH]c1=O. The van der Waals surface area contributed by atoms with Crippen LogP contribution in [0.4, 0.5) is 5.69 Å². The second-order valence-corrected chi connectivity index (χ2v) is 9.72. The Balaban J connectivity index is 1.60. The highest BCUT2D eigenvalue weighted by Gasteiger charge is 2.32. The van der Waals surface area contributed by atoms with Gasteiger partial charge in [0.05, 0.1) is 17.1 Å². The molecule has 0 aliphatic carbocycles. The van der Waals surface area contributed by atoms with Crippen molar-refractivity contribution >= 4 is 17.5 Å². The van der Waals surface area contributed by atoms with Crippen LogP contribution in [0.1, 0.15) is 35.8 Å². The first-order chi connectivity index (χ1) is 19.1. The number of nitrogens with zero attached hydrogens (tertiary/aromatic N) is 2. The minimum Gasteiger partial charge on any atom is -0.331 e. The summed E-state index contributed by atoms with van der Waals surface area (Å²) < 4.78 is 1.50. The summed E-state index contributed by atoms with van der Waals surface area (Å²) in [5.74, 6) is -0.352. The molecule has 1 fully saturated rings. The number of aromatic nitrogens is 2. The molecule has 0 spiro atoms. The lowest BCUT2D eigenvalue weighted by molar-refractivity contribution is -0.116. The number of rotatable bonds is 8. The Kier molecular flexibility index (Phi) is 8.03. The van der Waals surface area contributed by atoms with Gasteiger partial charge < -0.3 is 20.5 Å². The van der Waals surface area contributed by atoms with Gasteiger partial charge >= 0.3 is 5.69 Å². The highest BCUT2D eigenvalue weighted by atomic mass is 16.2. The van der Waals surface area contributed by atoms with Crippen LogP contribution in [0.3, 0.4) is 0 Å². The van der Waals surface area contributed by atoms with Crippen molar-refractivity contribution in [3.05, 3.63) is 107 Å². The molecule has 1 saturated heterocycles. The van der Waals surface area contributed by atoms with Crippen LogP contribution in [0.5, 0.6) is 0 Å². The number of amides is 2. The highest BCUT2D eigenvalue weighted by Crippen LogP contribution is 2.30. The third-order valence-corrected chi connectivity index (χ3v) is 6.98. The Bertz CT molecular complexity index is 1490. The smallest absolute Gasteiger partial charge is 0.331 e. The number of H-pyrrole nitrogens is 1. The lowest BCUT2D eigenvalue weighted by Gasteiger charge is -2.36. The maximum Gasteiger partial charge on any atom is 0.331 e. The number of carbonyl (C=O) groups excluding carboxylic acids is 2. The molecule has 39 heavy (non-hydrogen) atoms. The van der Waals surface area contributed by atoms with Gasteiger partial charge in [-0.3, -0.25) is 14.2 Å². The largest absolute Gasteiger partial charge is 0.331 e. The van der Waals surface area contributed by atoms with Crippen LogP contribution in [-0.2, 0) is 11.2 Å². The molecule has 3 N–H and O–H groups in total. The molecule has 5 rings (SSSR count). The molecule has 0 unspecified atom stereocenters. The van der Waals surface area contributed by atoms with Crippen molar-refractivity contribution in [3.63, 3.8) is 0 Å². The van der Waals surface area contributed by atoms with Crippen LogP contribution in [0.2, 0.25) is 0 Å². The molecule has 0 bridgehead atoms. The third-order valence-electron chi connectivity index (χ3n) is 6.98. The molecule has 4 aromatic rings.